The van der Waals surface area contributed by atoms with Gasteiger partial charge in [0.2, 0.25) is 0 Å². The van der Waals surface area contributed by atoms with Crippen LogP contribution in [-0.4, -0.2) is 38.4 Å². The zero-order valence-corrected chi connectivity index (χ0v) is 12.4. The number of rotatable bonds is 7. The zero-order chi connectivity index (χ0) is 15.2. The van der Waals surface area contributed by atoms with Crippen LogP contribution in [0.5, 0.6) is 0 Å². The molecule has 0 aromatic carbocycles. The average Bonchev–Trinajstić information content (AvgIpc) is 2.95. The number of methoxy groups -OCH3 is 1. The molecule has 0 radical (unpaired) electrons. The minimum Gasteiger partial charge on any atom is -0.383 e. The molecule has 0 spiro atoms. The summed E-state index contributed by atoms with van der Waals surface area (Å²) in [6.07, 6.45) is 3.49. The van der Waals surface area contributed by atoms with Crippen molar-refractivity contribution in [2.24, 2.45) is 0 Å². The normalized spacial score (nSPS) is 12.4. The van der Waals surface area contributed by atoms with Gasteiger partial charge in [-0.15, -0.1) is 10.2 Å². The van der Waals surface area contributed by atoms with Crippen LogP contribution in [0.1, 0.15) is 31.4 Å². The van der Waals surface area contributed by atoms with E-state index in [0.717, 1.165) is 0 Å². The van der Waals surface area contributed by atoms with E-state index >= 15 is 0 Å². The number of halogens is 1. The zero-order valence-electron chi connectivity index (χ0n) is 12.4. The van der Waals surface area contributed by atoms with Crippen molar-refractivity contribution in [3.63, 3.8) is 0 Å². The van der Waals surface area contributed by atoms with E-state index in [1.165, 1.54) is 6.33 Å². The molecule has 114 valence electrons. The number of nitrogens with zero attached hydrogens (tertiary/aromatic N) is 5. The Bertz CT molecular complexity index is 588. The number of aryl methyl sites for hydroxylation is 1. The van der Waals surface area contributed by atoms with Crippen molar-refractivity contribution in [1.29, 1.82) is 0 Å². The number of ether oxygens (including phenoxy) is 1. The molecule has 0 bridgehead atoms. The highest BCUT2D eigenvalue weighted by atomic mass is 19.1. The summed E-state index contributed by atoms with van der Waals surface area (Å²) in [5, 5.41) is 11.0. The van der Waals surface area contributed by atoms with Crippen molar-refractivity contribution in [2.75, 3.05) is 19.0 Å². The fraction of sp³-hybridized carbons (Fsp3) is 0.538. The van der Waals surface area contributed by atoms with Gasteiger partial charge in [-0.05, 0) is 13.3 Å². The minimum absolute atomic E-state index is 0.177. The molecule has 0 saturated heterocycles. The van der Waals surface area contributed by atoms with Gasteiger partial charge in [0.15, 0.2) is 17.5 Å². The second-order valence-corrected chi connectivity index (χ2v) is 4.58. The van der Waals surface area contributed by atoms with Gasteiger partial charge in [-0.25, -0.2) is 14.4 Å². The molecule has 0 saturated carbocycles. The first-order valence-electron chi connectivity index (χ1n) is 6.79. The number of aromatic nitrogens is 5. The lowest BCUT2D eigenvalue weighted by Gasteiger charge is -2.16. The fourth-order valence-corrected chi connectivity index (χ4v) is 1.98. The molecule has 2 aromatic rings. The minimum atomic E-state index is -0.421. The van der Waals surface area contributed by atoms with E-state index in [4.69, 9.17) is 4.74 Å². The summed E-state index contributed by atoms with van der Waals surface area (Å²) in [6, 6.07) is -0.238. The molecule has 1 atom stereocenters. The van der Waals surface area contributed by atoms with Crippen LogP contribution < -0.4 is 5.32 Å². The van der Waals surface area contributed by atoms with E-state index < -0.39 is 5.82 Å². The Balaban J connectivity index is 2.15. The maximum atomic E-state index is 14.1. The lowest BCUT2D eigenvalue weighted by molar-refractivity contribution is 0.186. The summed E-state index contributed by atoms with van der Waals surface area (Å²) in [6.45, 7) is 4.91. The van der Waals surface area contributed by atoms with Gasteiger partial charge in [-0.1, -0.05) is 6.92 Å². The van der Waals surface area contributed by atoms with Gasteiger partial charge < -0.3 is 14.6 Å². The third-order valence-electron chi connectivity index (χ3n) is 3.12. The second-order valence-electron chi connectivity index (χ2n) is 4.58. The Morgan fingerprint density at radius 1 is 1.43 bits per heavy atom. The van der Waals surface area contributed by atoms with Crippen LogP contribution in [0.3, 0.4) is 0 Å². The predicted octanol–water partition coefficient (Wildman–Crippen LogP) is 1.59. The molecule has 2 aromatic heterocycles. The van der Waals surface area contributed by atoms with Crippen molar-refractivity contribution in [1.82, 2.24) is 24.7 Å². The Labute approximate surface area is 122 Å². The maximum absolute atomic E-state index is 14.1. The highest BCUT2D eigenvalue weighted by molar-refractivity contribution is 5.38. The number of hydrogen-bond donors (Lipinski definition) is 1. The van der Waals surface area contributed by atoms with Gasteiger partial charge >= 0.3 is 0 Å². The first-order valence-corrected chi connectivity index (χ1v) is 6.79. The second kappa shape index (κ2) is 7.07. The summed E-state index contributed by atoms with van der Waals surface area (Å²) < 4.78 is 21.0. The van der Waals surface area contributed by atoms with Crippen molar-refractivity contribution in [2.45, 2.75) is 32.9 Å². The van der Waals surface area contributed by atoms with E-state index in [-0.39, 0.29) is 11.9 Å². The smallest absolute Gasteiger partial charge is 0.186 e. The first kappa shape index (κ1) is 15.3. The molecule has 0 amide bonds. The standard InChI is InChI=1S/C13H19FN6O/c1-4-10-11(14)12(16-7-15-10)18-9(2)13-19-17-8-20(13)5-6-21-3/h7-9H,4-6H2,1-3H3,(H,15,16,18)/t9-/m0/s1. The SMILES string of the molecule is CCc1ncnc(N[C@@H](C)c2nncn2CCOC)c1F. The largest absolute Gasteiger partial charge is 0.383 e. The number of nitrogens with one attached hydrogen (secondary N) is 1. The quantitative estimate of drug-likeness (QED) is 0.835. The van der Waals surface area contributed by atoms with E-state index in [9.17, 15) is 4.39 Å². The predicted molar refractivity (Wildman–Crippen MR) is 75.3 cm³/mol. The van der Waals surface area contributed by atoms with Gasteiger partial charge in [0.05, 0.1) is 18.3 Å². The monoisotopic (exact) mass is 294 g/mol. The molecule has 0 aliphatic heterocycles. The van der Waals surface area contributed by atoms with Crippen molar-refractivity contribution in [3.8, 4) is 0 Å². The summed E-state index contributed by atoms with van der Waals surface area (Å²) >= 11 is 0. The summed E-state index contributed by atoms with van der Waals surface area (Å²) in [7, 11) is 1.63. The molecule has 2 rings (SSSR count). The third-order valence-corrected chi connectivity index (χ3v) is 3.12. The fourth-order valence-electron chi connectivity index (χ4n) is 1.98. The molecule has 7 nitrogen and oxygen atoms in total. The third kappa shape index (κ3) is 3.52. The summed E-state index contributed by atoms with van der Waals surface area (Å²) in [5.74, 6) is 0.452. The lowest BCUT2D eigenvalue weighted by Crippen LogP contribution is -2.17. The van der Waals surface area contributed by atoms with E-state index in [0.29, 0.717) is 31.1 Å². The molecule has 0 aliphatic carbocycles. The summed E-state index contributed by atoms with van der Waals surface area (Å²) in [4.78, 5) is 7.86. The molecule has 0 fully saturated rings. The highest BCUT2D eigenvalue weighted by Crippen LogP contribution is 2.19. The van der Waals surface area contributed by atoms with Crippen LogP contribution in [0, 0.1) is 5.82 Å². The van der Waals surface area contributed by atoms with Crippen LogP contribution in [0.4, 0.5) is 10.2 Å². The molecular formula is C13H19FN6O. The molecule has 8 heteroatoms. The number of hydrogen-bond acceptors (Lipinski definition) is 6. The Morgan fingerprint density at radius 3 is 2.95 bits per heavy atom. The van der Waals surface area contributed by atoms with Crippen LogP contribution in [0.25, 0.3) is 0 Å². The van der Waals surface area contributed by atoms with E-state index in [1.54, 1.807) is 13.4 Å². The van der Waals surface area contributed by atoms with Crippen LogP contribution in [-0.2, 0) is 17.7 Å². The van der Waals surface area contributed by atoms with E-state index in [2.05, 4.69) is 25.5 Å². The highest BCUT2D eigenvalue weighted by Gasteiger charge is 2.17. The summed E-state index contributed by atoms with van der Waals surface area (Å²) in [5.41, 5.74) is 0.389. The van der Waals surface area contributed by atoms with Gasteiger partial charge in [-0.3, -0.25) is 0 Å². The van der Waals surface area contributed by atoms with Gasteiger partial charge in [-0.2, -0.15) is 0 Å². The lowest BCUT2D eigenvalue weighted by atomic mass is 10.2. The van der Waals surface area contributed by atoms with Crippen molar-refractivity contribution in [3.05, 3.63) is 30.0 Å². The Hall–Kier alpha value is -2.09. The molecule has 2 heterocycles. The number of anilines is 1. The van der Waals surface area contributed by atoms with Crippen molar-refractivity contribution >= 4 is 5.82 Å². The molecule has 1 N–H and O–H groups in total. The molecule has 0 unspecified atom stereocenters. The molecular weight excluding hydrogens is 275 g/mol. The van der Waals surface area contributed by atoms with Crippen LogP contribution in [0.2, 0.25) is 0 Å². The Morgan fingerprint density at radius 2 is 2.24 bits per heavy atom. The van der Waals surface area contributed by atoms with Gasteiger partial charge in [0.25, 0.3) is 0 Å². The van der Waals surface area contributed by atoms with E-state index in [1.807, 2.05) is 18.4 Å². The van der Waals surface area contributed by atoms with Crippen molar-refractivity contribution < 1.29 is 9.13 Å². The average molecular weight is 294 g/mol. The van der Waals surface area contributed by atoms with Gasteiger partial charge in [0, 0.05) is 13.7 Å². The van der Waals surface area contributed by atoms with Crippen LogP contribution in [0.15, 0.2) is 12.7 Å². The molecule has 0 aliphatic rings. The Kier molecular flexibility index (Phi) is 5.15. The molecule has 21 heavy (non-hydrogen) atoms. The topological polar surface area (TPSA) is 77.8 Å². The van der Waals surface area contributed by atoms with Crippen LogP contribution >= 0.6 is 0 Å². The maximum Gasteiger partial charge on any atom is 0.186 e. The first-order chi connectivity index (χ1) is 10.2. The van der Waals surface area contributed by atoms with Gasteiger partial charge in [0.1, 0.15) is 12.7 Å².